The molecule has 1 saturated heterocycles. The third-order valence-corrected chi connectivity index (χ3v) is 4.29. The molecule has 3 N–H and O–H groups in total. The number of nitrogens with two attached hydrogens (primary N) is 1. The predicted molar refractivity (Wildman–Crippen MR) is 73.0 cm³/mol. The Kier molecular flexibility index (Phi) is 4.31. The number of hydrogen-bond donors (Lipinski definition) is 2. The number of thioether (sulfide) groups is 1. The number of nitrogen functional groups attached to an aromatic ring is 1. The Morgan fingerprint density at radius 3 is 2.82 bits per heavy atom. The van der Waals surface area contributed by atoms with E-state index in [2.05, 4.69) is 5.32 Å². The fourth-order valence-electron chi connectivity index (χ4n) is 1.92. The fraction of sp³-hybridized carbons (Fsp3) is 0.462. The zero-order valence-electron chi connectivity index (χ0n) is 9.82. The van der Waals surface area contributed by atoms with E-state index in [-0.39, 0.29) is 5.91 Å². The molecule has 92 valence electrons. The van der Waals surface area contributed by atoms with Gasteiger partial charge in [0.1, 0.15) is 0 Å². The molecule has 1 fully saturated rings. The van der Waals surface area contributed by atoms with Crippen molar-refractivity contribution in [3.63, 3.8) is 0 Å². The minimum absolute atomic E-state index is 0.0993. The quantitative estimate of drug-likeness (QED) is 0.802. The Labute approximate surface area is 106 Å². The molecule has 17 heavy (non-hydrogen) atoms. The van der Waals surface area contributed by atoms with Crippen LogP contribution in [0.15, 0.2) is 24.3 Å². The van der Waals surface area contributed by atoms with Crippen molar-refractivity contribution in [2.24, 2.45) is 0 Å². The maximum atomic E-state index is 11.7. The summed E-state index contributed by atoms with van der Waals surface area (Å²) in [5.41, 5.74) is 7.34. The number of benzene rings is 1. The van der Waals surface area contributed by atoms with Gasteiger partial charge in [0.2, 0.25) is 5.91 Å². The summed E-state index contributed by atoms with van der Waals surface area (Å²) >= 11 is 1.96. The van der Waals surface area contributed by atoms with E-state index in [1.54, 1.807) is 0 Å². The average Bonchev–Trinajstić information content (AvgIpc) is 2.83. The van der Waals surface area contributed by atoms with Crippen LogP contribution in [-0.4, -0.2) is 23.5 Å². The molecule has 1 aromatic rings. The maximum absolute atomic E-state index is 11.7. The van der Waals surface area contributed by atoms with Crippen molar-refractivity contribution >= 4 is 23.4 Å². The van der Waals surface area contributed by atoms with Crippen molar-refractivity contribution in [1.82, 2.24) is 5.32 Å². The molecule has 1 aliphatic rings. The van der Waals surface area contributed by atoms with E-state index in [0.717, 1.165) is 17.8 Å². The summed E-state index contributed by atoms with van der Waals surface area (Å²) in [6.45, 7) is 0.804. The molecule has 0 bridgehead atoms. The Bertz CT molecular complexity index is 372. The number of amides is 1. The van der Waals surface area contributed by atoms with Crippen LogP contribution in [0.25, 0.3) is 0 Å². The lowest BCUT2D eigenvalue weighted by atomic mass is 10.1. The molecule has 1 unspecified atom stereocenters. The summed E-state index contributed by atoms with van der Waals surface area (Å²) in [7, 11) is 0. The first kappa shape index (κ1) is 12.3. The summed E-state index contributed by atoms with van der Waals surface area (Å²) in [6.07, 6.45) is 2.95. The van der Waals surface area contributed by atoms with Gasteiger partial charge in [0, 0.05) is 17.5 Å². The minimum Gasteiger partial charge on any atom is -0.399 e. The highest BCUT2D eigenvalue weighted by Gasteiger charge is 2.16. The highest BCUT2D eigenvalue weighted by Crippen LogP contribution is 2.25. The second kappa shape index (κ2) is 5.96. The molecule has 0 radical (unpaired) electrons. The van der Waals surface area contributed by atoms with Crippen LogP contribution in [0.2, 0.25) is 0 Å². The zero-order chi connectivity index (χ0) is 12.1. The van der Waals surface area contributed by atoms with Gasteiger partial charge in [-0.3, -0.25) is 4.79 Å². The first-order valence-electron chi connectivity index (χ1n) is 5.97. The number of rotatable bonds is 4. The molecule has 1 heterocycles. The molecule has 1 aliphatic heterocycles. The maximum Gasteiger partial charge on any atom is 0.224 e. The zero-order valence-corrected chi connectivity index (χ0v) is 10.6. The molecule has 0 aromatic heterocycles. The average molecular weight is 250 g/mol. The standard InChI is InChI=1S/C13H18N2OS/c14-11-5-3-10(4-6-11)8-13(16)15-9-12-2-1-7-17-12/h3-6,12H,1-2,7-9,14H2,(H,15,16). The molecule has 1 atom stereocenters. The van der Waals surface area contributed by atoms with Crippen LogP contribution in [-0.2, 0) is 11.2 Å². The molecular weight excluding hydrogens is 232 g/mol. The Morgan fingerprint density at radius 1 is 1.41 bits per heavy atom. The van der Waals surface area contributed by atoms with Crippen molar-refractivity contribution in [3.05, 3.63) is 29.8 Å². The third-order valence-electron chi connectivity index (χ3n) is 2.90. The second-order valence-electron chi connectivity index (χ2n) is 4.36. The number of anilines is 1. The molecule has 3 nitrogen and oxygen atoms in total. The van der Waals surface area contributed by atoms with Crippen LogP contribution in [0.4, 0.5) is 5.69 Å². The second-order valence-corrected chi connectivity index (χ2v) is 5.77. The Morgan fingerprint density at radius 2 is 2.18 bits per heavy atom. The van der Waals surface area contributed by atoms with Gasteiger partial charge in [0.05, 0.1) is 6.42 Å². The van der Waals surface area contributed by atoms with Crippen LogP contribution in [0, 0.1) is 0 Å². The lowest BCUT2D eigenvalue weighted by Crippen LogP contribution is -2.30. The van der Waals surface area contributed by atoms with Gasteiger partial charge in [-0.25, -0.2) is 0 Å². The van der Waals surface area contributed by atoms with E-state index < -0.39 is 0 Å². The predicted octanol–water partition coefficient (Wildman–Crippen LogP) is 1.82. The van der Waals surface area contributed by atoms with Gasteiger partial charge in [-0.05, 0) is 36.3 Å². The normalized spacial score (nSPS) is 19.2. The highest BCUT2D eigenvalue weighted by atomic mass is 32.2. The van der Waals surface area contributed by atoms with Crippen molar-refractivity contribution in [3.8, 4) is 0 Å². The van der Waals surface area contributed by atoms with E-state index in [4.69, 9.17) is 5.73 Å². The lowest BCUT2D eigenvalue weighted by molar-refractivity contribution is -0.120. The van der Waals surface area contributed by atoms with E-state index >= 15 is 0 Å². The van der Waals surface area contributed by atoms with Crippen molar-refractivity contribution in [2.45, 2.75) is 24.5 Å². The van der Waals surface area contributed by atoms with Crippen molar-refractivity contribution in [1.29, 1.82) is 0 Å². The van der Waals surface area contributed by atoms with Crippen LogP contribution in [0.5, 0.6) is 0 Å². The molecule has 2 rings (SSSR count). The molecule has 4 heteroatoms. The van der Waals surface area contributed by atoms with Crippen LogP contribution < -0.4 is 11.1 Å². The van der Waals surface area contributed by atoms with Crippen LogP contribution in [0.1, 0.15) is 18.4 Å². The van der Waals surface area contributed by atoms with E-state index in [0.29, 0.717) is 11.7 Å². The van der Waals surface area contributed by atoms with Gasteiger partial charge in [-0.2, -0.15) is 11.8 Å². The van der Waals surface area contributed by atoms with Crippen molar-refractivity contribution in [2.75, 3.05) is 18.0 Å². The summed E-state index contributed by atoms with van der Waals surface area (Å²) in [4.78, 5) is 11.7. The molecular formula is C13H18N2OS. The molecule has 1 amide bonds. The highest BCUT2D eigenvalue weighted by molar-refractivity contribution is 8.00. The molecule has 0 aliphatic carbocycles. The smallest absolute Gasteiger partial charge is 0.224 e. The number of carbonyl (C=O) groups is 1. The summed E-state index contributed by atoms with van der Waals surface area (Å²) in [6, 6.07) is 7.46. The first-order valence-corrected chi connectivity index (χ1v) is 7.01. The molecule has 1 aromatic carbocycles. The fourth-order valence-corrected chi connectivity index (χ4v) is 3.12. The lowest BCUT2D eigenvalue weighted by Gasteiger charge is -2.10. The first-order chi connectivity index (χ1) is 8.24. The van der Waals surface area contributed by atoms with Gasteiger partial charge < -0.3 is 11.1 Å². The van der Waals surface area contributed by atoms with Gasteiger partial charge in [-0.15, -0.1) is 0 Å². The van der Waals surface area contributed by atoms with Crippen LogP contribution >= 0.6 is 11.8 Å². The van der Waals surface area contributed by atoms with E-state index in [1.165, 1.54) is 18.6 Å². The van der Waals surface area contributed by atoms with Gasteiger partial charge in [0.15, 0.2) is 0 Å². The summed E-state index contributed by atoms with van der Waals surface area (Å²) < 4.78 is 0. The van der Waals surface area contributed by atoms with Crippen molar-refractivity contribution < 1.29 is 4.79 Å². The SMILES string of the molecule is Nc1ccc(CC(=O)NCC2CCCS2)cc1. The molecule has 0 spiro atoms. The Hall–Kier alpha value is -1.16. The minimum atomic E-state index is 0.0993. The molecule has 0 saturated carbocycles. The van der Waals surface area contributed by atoms with Gasteiger partial charge >= 0.3 is 0 Å². The van der Waals surface area contributed by atoms with E-state index in [1.807, 2.05) is 36.0 Å². The topological polar surface area (TPSA) is 55.1 Å². The largest absolute Gasteiger partial charge is 0.399 e. The van der Waals surface area contributed by atoms with Crippen LogP contribution in [0.3, 0.4) is 0 Å². The van der Waals surface area contributed by atoms with E-state index in [9.17, 15) is 4.79 Å². The number of hydrogen-bond acceptors (Lipinski definition) is 3. The number of carbonyl (C=O) groups excluding carboxylic acids is 1. The number of nitrogens with one attached hydrogen (secondary N) is 1. The summed E-state index contributed by atoms with van der Waals surface area (Å²) in [5, 5.41) is 3.61. The Balaban J connectivity index is 1.74. The summed E-state index contributed by atoms with van der Waals surface area (Å²) in [5.74, 6) is 1.33. The van der Waals surface area contributed by atoms with Gasteiger partial charge in [-0.1, -0.05) is 12.1 Å². The van der Waals surface area contributed by atoms with Gasteiger partial charge in [0.25, 0.3) is 0 Å². The monoisotopic (exact) mass is 250 g/mol. The third kappa shape index (κ3) is 3.97.